The first-order valence-corrected chi connectivity index (χ1v) is 10.8. The molecule has 2 heterocycles. The highest BCUT2D eigenvalue weighted by molar-refractivity contribution is 7.92. The van der Waals surface area contributed by atoms with Crippen LogP contribution in [0.2, 0.25) is 0 Å². The highest BCUT2D eigenvalue weighted by Crippen LogP contribution is 2.25. The molecule has 0 saturated carbocycles. The van der Waals surface area contributed by atoms with Crippen molar-refractivity contribution in [1.82, 2.24) is 9.55 Å². The number of aromatic nitrogens is 3. The molecule has 0 saturated heterocycles. The zero-order valence-corrected chi connectivity index (χ0v) is 17.2. The summed E-state index contributed by atoms with van der Waals surface area (Å²) in [6, 6.07) is 20.2. The number of anilines is 1. The molecular formula is C22H23N4O2S+. The second-order valence-corrected chi connectivity index (χ2v) is 8.88. The van der Waals surface area contributed by atoms with Crippen LogP contribution < -0.4 is 8.87 Å². The van der Waals surface area contributed by atoms with Crippen molar-refractivity contribution in [2.75, 3.05) is 11.4 Å². The van der Waals surface area contributed by atoms with Crippen molar-refractivity contribution in [3.8, 4) is 0 Å². The van der Waals surface area contributed by atoms with Crippen LogP contribution in [-0.4, -0.2) is 25.0 Å². The Morgan fingerprint density at radius 2 is 1.69 bits per heavy atom. The number of aryl methyl sites for hydroxylation is 3. The fraction of sp³-hybridized carbons (Fsp3) is 0.182. The molecule has 0 aliphatic carbocycles. The van der Waals surface area contributed by atoms with Crippen molar-refractivity contribution in [1.29, 1.82) is 0 Å². The summed E-state index contributed by atoms with van der Waals surface area (Å²) >= 11 is 0. The van der Waals surface area contributed by atoms with Crippen molar-refractivity contribution in [2.45, 2.75) is 17.9 Å². The fourth-order valence-electron chi connectivity index (χ4n) is 3.36. The second kappa shape index (κ2) is 7.67. The van der Waals surface area contributed by atoms with Gasteiger partial charge in [-0.1, -0.05) is 24.3 Å². The molecule has 0 N–H and O–H groups in total. The van der Waals surface area contributed by atoms with Crippen molar-refractivity contribution in [3.05, 3.63) is 84.9 Å². The van der Waals surface area contributed by atoms with E-state index in [-0.39, 0.29) is 4.90 Å². The van der Waals surface area contributed by atoms with Crippen LogP contribution in [0.25, 0.3) is 11.0 Å². The zero-order valence-electron chi connectivity index (χ0n) is 16.4. The standard InChI is InChI=1S/C22H23N4O2S/c1-24-21-12-11-19(29(27,28)25(2)18-9-5-3-6-10-18)17-20(21)23-22(24)13-16-26-14-7-4-8-15-26/h3-12,14-15,17H,13,16H2,1-2H3/q+1. The van der Waals surface area contributed by atoms with Gasteiger partial charge in [-0.05, 0) is 30.3 Å². The predicted molar refractivity (Wildman–Crippen MR) is 113 cm³/mol. The minimum Gasteiger partial charge on any atom is -0.331 e. The molecule has 29 heavy (non-hydrogen) atoms. The molecule has 2 aromatic heterocycles. The maximum atomic E-state index is 13.1. The van der Waals surface area contributed by atoms with Gasteiger partial charge in [0, 0.05) is 26.2 Å². The Kier molecular flexibility index (Phi) is 5.07. The number of rotatable bonds is 6. The zero-order chi connectivity index (χ0) is 20.4. The van der Waals surface area contributed by atoms with E-state index in [0.717, 1.165) is 24.3 Å². The normalized spacial score (nSPS) is 11.7. The Labute approximate surface area is 170 Å². The van der Waals surface area contributed by atoms with E-state index in [9.17, 15) is 8.42 Å². The third-order valence-electron chi connectivity index (χ3n) is 5.09. The van der Waals surface area contributed by atoms with E-state index in [1.165, 1.54) is 4.31 Å². The van der Waals surface area contributed by atoms with Gasteiger partial charge in [0.05, 0.1) is 28.0 Å². The van der Waals surface area contributed by atoms with E-state index in [2.05, 4.69) is 4.57 Å². The van der Waals surface area contributed by atoms with Crippen molar-refractivity contribution in [3.63, 3.8) is 0 Å². The molecule has 148 valence electrons. The Morgan fingerprint density at radius 3 is 2.41 bits per heavy atom. The van der Waals surface area contributed by atoms with Crippen molar-refractivity contribution >= 4 is 26.7 Å². The van der Waals surface area contributed by atoms with Gasteiger partial charge >= 0.3 is 0 Å². The number of hydrogen-bond acceptors (Lipinski definition) is 3. The average Bonchev–Trinajstić information content (AvgIpc) is 3.08. The number of pyridine rings is 1. The molecule has 2 aromatic carbocycles. The van der Waals surface area contributed by atoms with Gasteiger partial charge in [-0.2, -0.15) is 0 Å². The topological polar surface area (TPSA) is 59.1 Å². The summed E-state index contributed by atoms with van der Waals surface area (Å²) in [4.78, 5) is 4.93. The van der Waals surface area contributed by atoms with E-state index < -0.39 is 10.0 Å². The van der Waals surface area contributed by atoms with E-state index in [1.807, 2.05) is 66.5 Å². The Morgan fingerprint density at radius 1 is 1.00 bits per heavy atom. The third kappa shape index (κ3) is 3.73. The highest BCUT2D eigenvalue weighted by atomic mass is 32.2. The van der Waals surface area contributed by atoms with Gasteiger partial charge in [0.2, 0.25) is 0 Å². The van der Waals surface area contributed by atoms with Crippen LogP contribution in [0.15, 0.2) is 84.0 Å². The molecule has 4 aromatic rings. The molecule has 0 radical (unpaired) electrons. The van der Waals surface area contributed by atoms with Gasteiger partial charge in [0.15, 0.2) is 18.9 Å². The van der Waals surface area contributed by atoms with Crippen LogP contribution in [0, 0.1) is 0 Å². The molecule has 6 nitrogen and oxygen atoms in total. The number of fused-ring (bicyclic) bond motifs is 1. The molecule has 0 aliphatic rings. The number of sulfonamides is 1. The monoisotopic (exact) mass is 407 g/mol. The Balaban J connectivity index is 1.64. The number of nitrogens with zero attached hydrogens (tertiary/aromatic N) is 4. The molecular weight excluding hydrogens is 384 g/mol. The van der Waals surface area contributed by atoms with Crippen LogP contribution in [0.5, 0.6) is 0 Å². The first kappa shape index (κ1) is 19.1. The number of hydrogen-bond donors (Lipinski definition) is 0. The van der Waals surface area contributed by atoms with E-state index in [0.29, 0.717) is 11.2 Å². The summed E-state index contributed by atoms with van der Waals surface area (Å²) < 4.78 is 31.6. The molecule has 0 spiro atoms. The van der Waals surface area contributed by atoms with Crippen LogP contribution in [0.3, 0.4) is 0 Å². The molecule has 0 unspecified atom stereocenters. The molecule has 0 atom stereocenters. The summed E-state index contributed by atoms with van der Waals surface area (Å²) in [5.74, 6) is 0.919. The molecule has 0 bridgehead atoms. The second-order valence-electron chi connectivity index (χ2n) is 6.91. The molecule has 0 aliphatic heterocycles. The first-order valence-electron chi connectivity index (χ1n) is 9.40. The minimum absolute atomic E-state index is 0.235. The summed E-state index contributed by atoms with van der Waals surface area (Å²) in [5.41, 5.74) is 2.22. The number of benzene rings is 2. The van der Waals surface area contributed by atoms with Crippen LogP contribution >= 0.6 is 0 Å². The maximum absolute atomic E-state index is 13.1. The first-order chi connectivity index (χ1) is 14.0. The Bertz CT molecular complexity index is 1240. The summed E-state index contributed by atoms with van der Waals surface area (Å²) in [7, 11) is -0.134. The quantitative estimate of drug-likeness (QED) is 0.462. The lowest BCUT2D eigenvalue weighted by Gasteiger charge is -2.19. The van der Waals surface area contributed by atoms with Gasteiger partial charge < -0.3 is 4.57 Å². The molecule has 4 rings (SSSR count). The summed E-state index contributed by atoms with van der Waals surface area (Å²) in [6.07, 6.45) is 4.80. The maximum Gasteiger partial charge on any atom is 0.264 e. The number of imidazole rings is 1. The van der Waals surface area contributed by atoms with Crippen molar-refractivity contribution in [2.24, 2.45) is 7.05 Å². The van der Waals surface area contributed by atoms with Crippen molar-refractivity contribution < 1.29 is 13.0 Å². The van der Waals surface area contributed by atoms with Gasteiger partial charge in [0.25, 0.3) is 10.0 Å². The van der Waals surface area contributed by atoms with Gasteiger partial charge in [0.1, 0.15) is 5.82 Å². The Hall–Kier alpha value is -3.19. The highest BCUT2D eigenvalue weighted by Gasteiger charge is 2.22. The van der Waals surface area contributed by atoms with E-state index in [1.54, 1.807) is 31.3 Å². The van der Waals surface area contributed by atoms with Gasteiger partial charge in [-0.3, -0.25) is 4.31 Å². The van der Waals surface area contributed by atoms with E-state index in [4.69, 9.17) is 4.98 Å². The molecule has 7 heteroatoms. The largest absolute Gasteiger partial charge is 0.331 e. The lowest BCUT2D eigenvalue weighted by atomic mass is 10.3. The van der Waals surface area contributed by atoms with Crippen LogP contribution in [0.4, 0.5) is 5.69 Å². The van der Waals surface area contributed by atoms with Crippen LogP contribution in [-0.2, 0) is 30.0 Å². The van der Waals surface area contributed by atoms with E-state index >= 15 is 0 Å². The van der Waals surface area contributed by atoms with Crippen LogP contribution in [0.1, 0.15) is 5.82 Å². The lowest BCUT2D eigenvalue weighted by Crippen LogP contribution is -2.33. The lowest BCUT2D eigenvalue weighted by molar-refractivity contribution is -0.696. The summed E-state index contributed by atoms with van der Waals surface area (Å²) in [5, 5.41) is 0. The molecule has 0 fully saturated rings. The number of para-hydroxylation sites is 1. The van der Waals surface area contributed by atoms with Gasteiger partial charge in [-0.25, -0.2) is 18.0 Å². The third-order valence-corrected chi connectivity index (χ3v) is 6.88. The summed E-state index contributed by atoms with van der Waals surface area (Å²) in [6.45, 7) is 0.805. The average molecular weight is 408 g/mol. The van der Waals surface area contributed by atoms with Gasteiger partial charge in [-0.15, -0.1) is 0 Å². The minimum atomic E-state index is -3.66. The smallest absolute Gasteiger partial charge is 0.264 e. The fourth-order valence-corrected chi connectivity index (χ4v) is 4.58. The SMILES string of the molecule is CN(c1ccccc1)S(=O)(=O)c1ccc2c(c1)nc(CC[n+]1ccccc1)n2C. The molecule has 0 amide bonds. The predicted octanol–water partition coefficient (Wildman–Crippen LogP) is 2.93.